The van der Waals surface area contributed by atoms with Crippen molar-refractivity contribution in [1.82, 2.24) is 19.2 Å². The highest BCUT2D eigenvalue weighted by Gasteiger charge is 2.65. The van der Waals surface area contributed by atoms with Crippen molar-refractivity contribution in [2.75, 3.05) is 5.32 Å². The van der Waals surface area contributed by atoms with Crippen LogP contribution in [0.4, 0.5) is 29.5 Å². The van der Waals surface area contributed by atoms with Crippen LogP contribution < -0.4 is 5.32 Å². The highest BCUT2D eigenvalue weighted by atomic mass is 32.5. The summed E-state index contributed by atoms with van der Waals surface area (Å²) in [7, 11) is -10.2. The van der Waals surface area contributed by atoms with Crippen molar-refractivity contribution in [2.45, 2.75) is 38.3 Å². The van der Waals surface area contributed by atoms with E-state index in [1.165, 1.54) is 0 Å². The van der Waals surface area contributed by atoms with Crippen LogP contribution in [0.3, 0.4) is 0 Å². The van der Waals surface area contributed by atoms with Crippen LogP contribution >= 0.6 is 10.2 Å². The number of nitrogens with zero attached hydrogens (tertiary/aromatic N) is 4. The minimum atomic E-state index is -10.2. The van der Waals surface area contributed by atoms with E-state index in [1.54, 1.807) is 54.4 Å². The van der Waals surface area contributed by atoms with E-state index in [-0.39, 0.29) is 17.8 Å². The summed E-state index contributed by atoms with van der Waals surface area (Å²) in [4.78, 5) is 14.9. The summed E-state index contributed by atoms with van der Waals surface area (Å²) in [5, 5.41) is 7.07. The lowest BCUT2D eigenvalue weighted by Gasteiger charge is -2.41. The molecule has 2 aromatic carbocycles. The van der Waals surface area contributed by atoms with Gasteiger partial charge in [-0.1, -0.05) is 25.5 Å². The number of alkyl halides is 1. The molecule has 216 valence electrons. The maximum Gasteiger partial charge on any atom is 0.310 e. The minimum Gasteiger partial charge on any atom is -0.322 e. The standard InChI is InChI=1S/C28H25F6N5OS/c1-17-10-18(2)25(38-8-9-39-26(38)15-24(37-39)19-6-5-7-35-16-19)14-23(17)36-27(40)20-11-21(28(3,4)29)13-22(12-20)41(30,31,32,33)34/h5-16H,1-4H3,(H,36,40). The van der Waals surface area contributed by atoms with Gasteiger partial charge in [-0.05, 0) is 80.8 Å². The van der Waals surface area contributed by atoms with E-state index in [1.807, 2.05) is 23.6 Å². The van der Waals surface area contributed by atoms with E-state index >= 15 is 0 Å². The number of aryl methyl sites for hydroxylation is 2. The molecule has 3 aromatic heterocycles. The Kier molecular flexibility index (Phi) is 5.94. The zero-order chi connectivity index (χ0) is 30.0. The van der Waals surface area contributed by atoms with Gasteiger partial charge in [-0.2, -0.15) is 5.10 Å². The summed E-state index contributed by atoms with van der Waals surface area (Å²) in [6.07, 6.45) is 6.82. The Morgan fingerprint density at radius 3 is 2.32 bits per heavy atom. The predicted octanol–water partition coefficient (Wildman–Crippen LogP) is 8.92. The molecule has 0 atom stereocenters. The zero-order valence-corrected chi connectivity index (χ0v) is 23.1. The quantitative estimate of drug-likeness (QED) is 0.200. The third-order valence-electron chi connectivity index (χ3n) is 6.63. The Balaban J connectivity index is 1.55. The largest absolute Gasteiger partial charge is 0.322 e. The van der Waals surface area contributed by atoms with Gasteiger partial charge in [0.1, 0.15) is 16.2 Å². The normalized spacial score (nSPS) is 14.1. The molecule has 1 amide bonds. The van der Waals surface area contributed by atoms with Gasteiger partial charge >= 0.3 is 10.2 Å². The molecule has 0 saturated heterocycles. The first kappa shape index (κ1) is 28.3. The first-order valence-electron chi connectivity index (χ1n) is 12.3. The number of halogens is 6. The predicted molar refractivity (Wildman–Crippen MR) is 147 cm³/mol. The van der Waals surface area contributed by atoms with Crippen LogP contribution in [-0.4, -0.2) is 25.1 Å². The molecule has 13 heteroatoms. The van der Waals surface area contributed by atoms with Crippen LogP contribution in [0, 0.1) is 13.8 Å². The van der Waals surface area contributed by atoms with E-state index in [2.05, 4.69) is 15.4 Å². The number of carbonyl (C=O) groups excluding carboxylic acids is 1. The Morgan fingerprint density at radius 1 is 0.951 bits per heavy atom. The van der Waals surface area contributed by atoms with Gasteiger partial charge in [-0.3, -0.25) is 14.3 Å². The van der Waals surface area contributed by atoms with Gasteiger partial charge < -0.3 is 5.32 Å². The number of pyridine rings is 1. The van der Waals surface area contributed by atoms with Gasteiger partial charge in [0, 0.05) is 47.7 Å². The molecular formula is C28H25F6N5OS. The van der Waals surface area contributed by atoms with Crippen LogP contribution in [0.15, 0.2) is 78.2 Å². The first-order chi connectivity index (χ1) is 18.8. The molecule has 1 N–H and O–H groups in total. The average molecular weight is 594 g/mol. The molecule has 0 aliphatic carbocycles. The van der Waals surface area contributed by atoms with E-state index < -0.39 is 37.8 Å². The molecule has 0 spiro atoms. The number of benzene rings is 2. The van der Waals surface area contributed by atoms with Crippen molar-refractivity contribution in [3.63, 3.8) is 0 Å². The van der Waals surface area contributed by atoms with Crippen molar-refractivity contribution in [3.05, 3.63) is 95.6 Å². The monoisotopic (exact) mass is 593 g/mol. The summed E-state index contributed by atoms with van der Waals surface area (Å²) >= 11 is 0. The maximum atomic E-state index is 14.6. The van der Waals surface area contributed by atoms with Gasteiger partial charge in [-0.25, -0.2) is 8.91 Å². The molecule has 0 aliphatic heterocycles. The van der Waals surface area contributed by atoms with Gasteiger partial charge in [0.25, 0.3) is 5.91 Å². The van der Waals surface area contributed by atoms with Gasteiger partial charge in [0.15, 0.2) is 0 Å². The topological polar surface area (TPSA) is 64.2 Å². The first-order valence-corrected chi connectivity index (χ1v) is 14.2. The van der Waals surface area contributed by atoms with E-state index in [0.29, 0.717) is 22.6 Å². The van der Waals surface area contributed by atoms with Gasteiger partial charge in [0.05, 0.1) is 11.4 Å². The van der Waals surface area contributed by atoms with E-state index in [0.717, 1.165) is 31.0 Å². The molecular weight excluding hydrogens is 568 g/mol. The van der Waals surface area contributed by atoms with E-state index in [4.69, 9.17) is 0 Å². The van der Waals surface area contributed by atoms with Gasteiger partial charge in [-0.15, -0.1) is 0 Å². The summed E-state index contributed by atoms with van der Waals surface area (Å²) in [6, 6.07) is 9.83. The molecule has 0 unspecified atom stereocenters. The van der Waals surface area contributed by atoms with Crippen molar-refractivity contribution in [2.24, 2.45) is 0 Å². The SMILES string of the molecule is Cc1cc(C)c(-n2ccn3nc(-c4cccnc4)cc23)cc1NC(=O)c1cc(C(C)(C)F)cc(S(F)(F)(F)(F)F)c1. The van der Waals surface area contributed by atoms with Crippen molar-refractivity contribution >= 4 is 27.5 Å². The fraction of sp³-hybridized carbons (Fsp3) is 0.179. The molecule has 41 heavy (non-hydrogen) atoms. The lowest BCUT2D eigenvalue weighted by atomic mass is 9.97. The summed E-state index contributed by atoms with van der Waals surface area (Å²) in [6.45, 7) is 5.36. The number of carbonyl (C=O) groups is 1. The number of nitrogens with one attached hydrogen (secondary N) is 1. The maximum absolute atomic E-state index is 14.6. The smallest absolute Gasteiger partial charge is 0.310 e. The number of fused-ring (bicyclic) bond motifs is 1. The van der Waals surface area contributed by atoms with Crippen LogP contribution in [-0.2, 0) is 5.67 Å². The number of aromatic nitrogens is 4. The summed E-state index contributed by atoms with van der Waals surface area (Å²) < 4.78 is 86.5. The summed E-state index contributed by atoms with van der Waals surface area (Å²) in [5.74, 6) is -1.10. The highest BCUT2D eigenvalue weighted by Crippen LogP contribution is 3.02. The number of anilines is 1. The average Bonchev–Trinajstić information content (AvgIpc) is 3.45. The minimum absolute atomic E-state index is 0.0518. The molecule has 6 nitrogen and oxygen atoms in total. The van der Waals surface area contributed by atoms with Crippen LogP contribution in [0.2, 0.25) is 0 Å². The molecule has 0 radical (unpaired) electrons. The second-order valence-electron chi connectivity index (χ2n) is 10.3. The van der Waals surface area contributed by atoms with Crippen molar-refractivity contribution in [3.8, 4) is 16.9 Å². The fourth-order valence-corrected chi connectivity index (χ4v) is 5.16. The number of amides is 1. The Bertz CT molecular complexity index is 1820. The zero-order valence-electron chi connectivity index (χ0n) is 22.3. The molecule has 5 aromatic rings. The number of imidazole rings is 1. The Labute approximate surface area is 231 Å². The van der Waals surface area contributed by atoms with E-state index in [9.17, 15) is 28.6 Å². The Morgan fingerprint density at radius 2 is 1.68 bits per heavy atom. The molecule has 3 heterocycles. The third-order valence-corrected chi connectivity index (χ3v) is 7.75. The second kappa shape index (κ2) is 8.62. The fourth-order valence-electron chi connectivity index (χ4n) is 4.47. The highest BCUT2D eigenvalue weighted by molar-refractivity contribution is 8.45. The van der Waals surface area contributed by atoms with Crippen LogP contribution in [0.25, 0.3) is 22.6 Å². The summed E-state index contributed by atoms with van der Waals surface area (Å²) in [5.41, 5.74) is 0.546. The number of hydrogen-bond donors (Lipinski definition) is 1. The van der Waals surface area contributed by atoms with Crippen LogP contribution in [0.5, 0.6) is 0 Å². The Hall–Kier alpha value is -4.26. The molecule has 0 bridgehead atoms. The third kappa shape index (κ3) is 5.67. The van der Waals surface area contributed by atoms with Crippen molar-refractivity contribution < 1.29 is 28.6 Å². The lowest BCUT2D eigenvalue weighted by molar-refractivity contribution is 0.102. The second-order valence-corrected chi connectivity index (χ2v) is 12.7. The van der Waals surface area contributed by atoms with Gasteiger partial charge in [0.2, 0.25) is 0 Å². The van der Waals surface area contributed by atoms with Crippen molar-refractivity contribution in [1.29, 1.82) is 0 Å². The molecule has 5 rings (SSSR count). The lowest BCUT2D eigenvalue weighted by Crippen LogP contribution is -2.18. The molecule has 0 aliphatic rings. The van der Waals surface area contributed by atoms with Crippen LogP contribution in [0.1, 0.15) is 40.9 Å². The molecule has 0 fully saturated rings. The number of hydrogen-bond acceptors (Lipinski definition) is 3. The number of rotatable bonds is 6. The molecule has 0 saturated carbocycles.